The molecule has 1 aromatic heterocycles. The Morgan fingerprint density at radius 3 is 2.37 bits per heavy atom. The van der Waals surface area contributed by atoms with Crippen molar-refractivity contribution in [2.75, 3.05) is 13.7 Å². The third-order valence-corrected chi connectivity index (χ3v) is 4.07. The van der Waals surface area contributed by atoms with E-state index in [1.807, 2.05) is 42.5 Å². The summed E-state index contributed by atoms with van der Waals surface area (Å²) in [5.41, 5.74) is 1.46. The summed E-state index contributed by atoms with van der Waals surface area (Å²) >= 11 is 0. The molecular weight excluding hydrogens is 344 g/mol. The van der Waals surface area contributed by atoms with E-state index in [4.69, 9.17) is 13.9 Å². The van der Waals surface area contributed by atoms with E-state index in [0.29, 0.717) is 23.5 Å². The first-order chi connectivity index (χ1) is 13.2. The number of Topliss-reactive ketones (excluding diaryl/α,β-unsaturated/α-hetero) is 1. The van der Waals surface area contributed by atoms with E-state index >= 15 is 0 Å². The van der Waals surface area contributed by atoms with Gasteiger partial charge in [-0.3, -0.25) is 9.59 Å². The lowest BCUT2D eigenvalue weighted by Gasteiger charge is -2.05. The third kappa shape index (κ3) is 5.07. The normalized spacial score (nSPS) is 10.4. The molecule has 5 nitrogen and oxygen atoms in total. The fraction of sp³-hybridized carbons (Fsp3) is 0.182. The zero-order chi connectivity index (χ0) is 19.1. The van der Waals surface area contributed by atoms with Gasteiger partial charge >= 0.3 is 5.97 Å². The van der Waals surface area contributed by atoms with Crippen molar-refractivity contribution in [3.05, 3.63) is 78.1 Å². The van der Waals surface area contributed by atoms with Crippen molar-refractivity contribution in [1.82, 2.24) is 0 Å². The lowest BCUT2D eigenvalue weighted by Crippen LogP contribution is -2.14. The highest BCUT2D eigenvalue weighted by Crippen LogP contribution is 2.22. The molecule has 0 saturated carbocycles. The van der Waals surface area contributed by atoms with Gasteiger partial charge in [0.2, 0.25) is 0 Å². The maximum absolute atomic E-state index is 12.0. The fourth-order valence-corrected chi connectivity index (χ4v) is 2.57. The molecule has 0 saturated heterocycles. The van der Waals surface area contributed by atoms with E-state index in [1.165, 1.54) is 0 Å². The van der Waals surface area contributed by atoms with Crippen molar-refractivity contribution in [3.63, 3.8) is 0 Å². The Balaban J connectivity index is 1.45. The van der Waals surface area contributed by atoms with Crippen LogP contribution in [0.1, 0.15) is 22.5 Å². The second-order valence-electron chi connectivity index (χ2n) is 5.94. The van der Waals surface area contributed by atoms with Crippen molar-refractivity contribution in [2.45, 2.75) is 12.8 Å². The molecule has 0 bridgehead atoms. The van der Waals surface area contributed by atoms with E-state index in [9.17, 15) is 9.59 Å². The maximum Gasteiger partial charge on any atom is 0.306 e. The number of rotatable bonds is 8. The molecule has 0 radical (unpaired) electrons. The van der Waals surface area contributed by atoms with E-state index in [0.717, 1.165) is 11.3 Å². The quantitative estimate of drug-likeness (QED) is 0.440. The Bertz CT molecular complexity index is 894. The molecule has 3 rings (SSSR count). The molecule has 27 heavy (non-hydrogen) atoms. The number of carbonyl (C=O) groups excluding carboxylic acids is 2. The van der Waals surface area contributed by atoms with E-state index in [2.05, 4.69) is 0 Å². The summed E-state index contributed by atoms with van der Waals surface area (Å²) in [6.07, 6.45) is 0.569. The zero-order valence-electron chi connectivity index (χ0n) is 15.0. The number of aryl methyl sites for hydroxylation is 1. The Labute approximate surface area is 157 Å². The molecule has 2 aromatic carbocycles. The van der Waals surface area contributed by atoms with Crippen LogP contribution in [0.15, 0.2) is 71.1 Å². The number of methoxy groups -OCH3 is 1. The highest BCUT2D eigenvalue weighted by atomic mass is 16.5. The van der Waals surface area contributed by atoms with Crippen LogP contribution in [0.2, 0.25) is 0 Å². The molecule has 1 heterocycles. The van der Waals surface area contributed by atoms with Crippen molar-refractivity contribution in [1.29, 1.82) is 0 Å². The predicted molar refractivity (Wildman–Crippen MR) is 101 cm³/mol. The number of benzene rings is 2. The number of ketones is 1. The molecule has 0 atom stereocenters. The van der Waals surface area contributed by atoms with Crippen LogP contribution in [-0.4, -0.2) is 25.5 Å². The second-order valence-corrected chi connectivity index (χ2v) is 5.94. The van der Waals surface area contributed by atoms with E-state index in [-0.39, 0.29) is 18.8 Å². The lowest BCUT2D eigenvalue weighted by molar-refractivity contribution is -0.142. The number of ether oxygens (including phenoxy) is 2. The first-order valence-corrected chi connectivity index (χ1v) is 8.63. The summed E-state index contributed by atoms with van der Waals surface area (Å²) in [6.45, 7) is -0.279. The van der Waals surface area contributed by atoms with Crippen molar-refractivity contribution >= 4 is 11.8 Å². The first-order valence-electron chi connectivity index (χ1n) is 8.63. The zero-order valence-corrected chi connectivity index (χ0v) is 15.0. The average molecular weight is 364 g/mol. The monoisotopic (exact) mass is 364 g/mol. The minimum atomic E-state index is -0.436. The van der Waals surface area contributed by atoms with Gasteiger partial charge in [-0.05, 0) is 36.4 Å². The van der Waals surface area contributed by atoms with Crippen molar-refractivity contribution < 1.29 is 23.5 Å². The Kier molecular flexibility index (Phi) is 6.05. The maximum atomic E-state index is 12.0. The van der Waals surface area contributed by atoms with Gasteiger partial charge in [-0.2, -0.15) is 0 Å². The van der Waals surface area contributed by atoms with Gasteiger partial charge in [0.05, 0.1) is 13.5 Å². The van der Waals surface area contributed by atoms with Crippen LogP contribution in [0.4, 0.5) is 0 Å². The summed E-state index contributed by atoms with van der Waals surface area (Å²) in [4.78, 5) is 23.9. The third-order valence-electron chi connectivity index (χ3n) is 4.07. The summed E-state index contributed by atoms with van der Waals surface area (Å²) in [5, 5.41) is 0. The average Bonchev–Trinajstić information content (AvgIpc) is 3.20. The minimum absolute atomic E-state index is 0.150. The van der Waals surface area contributed by atoms with Crippen molar-refractivity contribution in [2.24, 2.45) is 0 Å². The highest BCUT2D eigenvalue weighted by Gasteiger charge is 2.12. The predicted octanol–water partition coefficient (Wildman–Crippen LogP) is 4.31. The van der Waals surface area contributed by atoms with Gasteiger partial charge in [0.25, 0.3) is 0 Å². The number of furan rings is 1. The highest BCUT2D eigenvalue weighted by molar-refractivity contribution is 5.98. The van der Waals surface area contributed by atoms with Crippen molar-refractivity contribution in [3.8, 4) is 17.1 Å². The molecular formula is C22H20O5. The number of esters is 1. The van der Waals surface area contributed by atoms with Crippen LogP contribution < -0.4 is 4.74 Å². The molecule has 0 aliphatic heterocycles. The molecule has 0 unspecified atom stereocenters. The number of hydrogen-bond acceptors (Lipinski definition) is 5. The standard InChI is InChI=1S/C22H20O5/c1-25-18-9-7-16(8-10-18)20(23)15-26-22(24)14-12-19-11-13-21(27-19)17-5-3-2-4-6-17/h2-11,13H,12,14-15H2,1H3. The van der Waals surface area contributed by atoms with Crippen LogP contribution in [0, 0.1) is 0 Å². The molecule has 138 valence electrons. The van der Waals surface area contributed by atoms with E-state index in [1.54, 1.807) is 31.4 Å². The largest absolute Gasteiger partial charge is 0.497 e. The van der Waals surface area contributed by atoms with E-state index < -0.39 is 5.97 Å². The molecule has 5 heteroatoms. The molecule has 0 aliphatic carbocycles. The minimum Gasteiger partial charge on any atom is -0.497 e. The molecule has 0 spiro atoms. The Morgan fingerprint density at radius 1 is 0.926 bits per heavy atom. The SMILES string of the molecule is COc1ccc(C(=O)COC(=O)CCc2ccc(-c3ccccc3)o2)cc1. The number of carbonyl (C=O) groups is 2. The Morgan fingerprint density at radius 2 is 1.67 bits per heavy atom. The molecule has 0 fully saturated rings. The molecule has 3 aromatic rings. The first kappa shape index (κ1) is 18.5. The van der Waals surface area contributed by atoms with Crippen LogP contribution in [0.5, 0.6) is 5.75 Å². The van der Waals surface area contributed by atoms with Crippen LogP contribution in [0.3, 0.4) is 0 Å². The molecule has 0 N–H and O–H groups in total. The summed E-state index contributed by atoms with van der Waals surface area (Å²) in [6, 6.07) is 20.1. The van der Waals surface area contributed by atoms with Gasteiger partial charge in [0.1, 0.15) is 17.3 Å². The Hall–Kier alpha value is -3.34. The number of hydrogen-bond donors (Lipinski definition) is 0. The van der Waals surface area contributed by atoms with Gasteiger partial charge in [-0.15, -0.1) is 0 Å². The molecule has 0 amide bonds. The summed E-state index contributed by atoms with van der Waals surface area (Å²) < 4.78 is 15.9. The van der Waals surface area contributed by atoms with Crippen LogP contribution in [0.25, 0.3) is 11.3 Å². The van der Waals surface area contributed by atoms with Gasteiger partial charge in [-0.25, -0.2) is 0 Å². The van der Waals surface area contributed by atoms with Crippen LogP contribution in [-0.2, 0) is 16.0 Å². The fourth-order valence-electron chi connectivity index (χ4n) is 2.57. The van der Waals surface area contributed by atoms with Gasteiger partial charge in [-0.1, -0.05) is 30.3 Å². The van der Waals surface area contributed by atoms with Crippen LogP contribution >= 0.6 is 0 Å². The topological polar surface area (TPSA) is 65.7 Å². The molecule has 0 aliphatic rings. The second kappa shape index (κ2) is 8.85. The lowest BCUT2D eigenvalue weighted by atomic mass is 10.1. The van der Waals surface area contributed by atoms with Gasteiger partial charge < -0.3 is 13.9 Å². The van der Waals surface area contributed by atoms with Gasteiger partial charge in [0.15, 0.2) is 12.4 Å². The summed E-state index contributed by atoms with van der Waals surface area (Å²) in [5.74, 6) is 1.43. The summed E-state index contributed by atoms with van der Waals surface area (Å²) in [7, 11) is 1.56. The smallest absolute Gasteiger partial charge is 0.306 e. The van der Waals surface area contributed by atoms with Gasteiger partial charge in [0, 0.05) is 17.5 Å².